The molecule has 19 heavy (non-hydrogen) atoms. The molecule has 5 heteroatoms. The van der Waals surface area contributed by atoms with E-state index in [-0.39, 0.29) is 5.56 Å². The lowest BCUT2D eigenvalue weighted by Crippen LogP contribution is -2.28. The van der Waals surface area contributed by atoms with Crippen molar-refractivity contribution in [1.29, 1.82) is 0 Å². The maximum absolute atomic E-state index is 12.4. The van der Waals surface area contributed by atoms with Gasteiger partial charge >= 0.3 is 0 Å². The summed E-state index contributed by atoms with van der Waals surface area (Å²) in [6.07, 6.45) is 3.92. The van der Waals surface area contributed by atoms with Crippen molar-refractivity contribution in [3.8, 4) is 11.4 Å². The predicted octanol–water partition coefficient (Wildman–Crippen LogP) is 1.41. The Morgan fingerprint density at radius 1 is 1.11 bits per heavy atom. The first-order valence-electron chi connectivity index (χ1n) is 6.14. The Hall–Kier alpha value is -2.56. The van der Waals surface area contributed by atoms with Crippen LogP contribution >= 0.6 is 0 Å². The number of hydrogen-bond donors (Lipinski definition) is 0. The molecule has 0 bridgehead atoms. The summed E-state index contributed by atoms with van der Waals surface area (Å²) in [5.41, 5.74) is 2.87. The van der Waals surface area contributed by atoms with E-state index in [1.807, 2.05) is 18.2 Å². The number of nitrogens with zero attached hydrogens (tertiary/aromatic N) is 4. The first kappa shape index (κ1) is 10.4. The summed E-state index contributed by atoms with van der Waals surface area (Å²) in [7, 11) is 0. The van der Waals surface area contributed by atoms with Crippen molar-refractivity contribution in [3.63, 3.8) is 0 Å². The van der Waals surface area contributed by atoms with Crippen molar-refractivity contribution in [2.45, 2.75) is 13.0 Å². The number of benzene rings is 1. The van der Waals surface area contributed by atoms with Crippen LogP contribution in [0.5, 0.6) is 0 Å². The van der Waals surface area contributed by atoms with Gasteiger partial charge in [-0.3, -0.25) is 9.36 Å². The van der Waals surface area contributed by atoms with Gasteiger partial charge in [0.2, 0.25) is 0 Å². The van der Waals surface area contributed by atoms with Gasteiger partial charge in [-0.2, -0.15) is 0 Å². The number of hydrogen-bond acceptors (Lipinski definition) is 4. The molecule has 0 unspecified atom stereocenters. The van der Waals surface area contributed by atoms with Crippen LogP contribution in [0.25, 0.3) is 22.6 Å². The van der Waals surface area contributed by atoms with Crippen LogP contribution in [0.4, 0.5) is 0 Å². The number of aromatic nitrogens is 4. The molecule has 0 saturated carbocycles. The molecule has 0 atom stereocenters. The Labute approximate surface area is 108 Å². The minimum absolute atomic E-state index is 0.109. The van der Waals surface area contributed by atoms with Crippen molar-refractivity contribution < 1.29 is 0 Å². The molecule has 0 fully saturated rings. The van der Waals surface area contributed by atoms with Gasteiger partial charge in [-0.25, -0.2) is 15.0 Å². The monoisotopic (exact) mass is 250 g/mol. The van der Waals surface area contributed by atoms with E-state index in [1.54, 1.807) is 10.8 Å². The standard InChI is InChI=1S/C14H10N4O/c19-14-11-12(16-7-6-15-11)17-13-10-4-2-1-3-9(10)5-8-18(13)14/h1-4,6-7H,5,8H2. The summed E-state index contributed by atoms with van der Waals surface area (Å²) >= 11 is 0. The largest absolute Gasteiger partial charge is 0.290 e. The summed E-state index contributed by atoms with van der Waals surface area (Å²) in [5.74, 6) is 0.694. The van der Waals surface area contributed by atoms with Crippen LogP contribution in [-0.2, 0) is 13.0 Å². The summed E-state index contributed by atoms with van der Waals surface area (Å²) in [6, 6.07) is 8.04. The molecular formula is C14H10N4O. The van der Waals surface area contributed by atoms with E-state index in [2.05, 4.69) is 21.0 Å². The molecular weight excluding hydrogens is 240 g/mol. The van der Waals surface area contributed by atoms with Gasteiger partial charge < -0.3 is 0 Å². The minimum Gasteiger partial charge on any atom is -0.290 e. The topological polar surface area (TPSA) is 60.7 Å². The van der Waals surface area contributed by atoms with Crippen LogP contribution in [0.3, 0.4) is 0 Å². The van der Waals surface area contributed by atoms with Crippen molar-refractivity contribution in [2.24, 2.45) is 0 Å². The fourth-order valence-corrected chi connectivity index (χ4v) is 2.55. The Morgan fingerprint density at radius 2 is 1.95 bits per heavy atom. The van der Waals surface area contributed by atoms with Crippen LogP contribution in [0.1, 0.15) is 5.56 Å². The molecule has 1 aliphatic heterocycles. The molecule has 4 rings (SSSR count). The molecule has 0 radical (unpaired) electrons. The van der Waals surface area contributed by atoms with Gasteiger partial charge in [0.15, 0.2) is 11.2 Å². The Bertz CT molecular complexity index is 853. The van der Waals surface area contributed by atoms with E-state index >= 15 is 0 Å². The second-order valence-electron chi connectivity index (χ2n) is 4.53. The number of aryl methyl sites for hydroxylation is 1. The summed E-state index contributed by atoms with van der Waals surface area (Å²) in [4.78, 5) is 25.1. The molecule has 1 aliphatic rings. The van der Waals surface area contributed by atoms with Crippen LogP contribution in [-0.4, -0.2) is 19.5 Å². The minimum atomic E-state index is -0.109. The molecule has 3 aromatic rings. The molecule has 0 amide bonds. The number of rotatable bonds is 0. The summed E-state index contributed by atoms with van der Waals surface area (Å²) < 4.78 is 1.69. The zero-order chi connectivity index (χ0) is 12.8. The molecule has 92 valence electrons. The first-order chi connectivity index (χ1) is 9.34. The highest BCUT2D eigenvalue weighted by molar-refractivity contribution is 5.73. The Morgan fingerprint density at radius 3 is 2.89 bits per heavy atom. The van der Waals surface area contributed by atoms with E-state index in [0.717, 1.165) is 12.0 Å². The molecule has 5 nitrogen and oxygen atoms in total. The van der Waals surface area contributed by atoms with Crippen LogP contribution in [0.15, 0.2) is 41.5 Å². The van der Waals surface area contributed by atoms with Gasteiger partial charge in [-0.05, 0) is 12.0 Å². The quantitative estimate of drug-likeness (QED) is 0.605. The number of fused-ring (bicyclic) bond motifs is 4. The zero-order valence-corrected chi connectivity index (χ0v) is 10.1. The third kappa shape index (κ3) is 1.41. The highest BCUT2D eigenvalue weighted by Crippen LogP contribution is 2.26. The van der Waals surface area contributed by atoms with E-state index < -0.39 is 0 Å². The van der Waals surface area contributed by atoms with Crippen LogP contribution in [0, 0.1) is 0 Å². The van der Waals surface area contributed by atoms with Gasteiger partial charge in [-0.15, -0.1) is 0 Å². The lowest BCUT2D eigenvalue weighted by atomic mass is 10.0. The predicted molar refractivity (Wildman–Crippen MR) is 70.7 cm³/mol. The summed E-state index contributed by atoms with van der Waals surface area (Å²) in [6.45, 7) is 0.644. The highest BCUT2D eigenvalue weighted by Gasteiger charge is 2.20. The van der Waals surface area contributed by atoms with Crippen LogP contribution < -0.4 is 5.56 Å². The normalized spacial score (nSPS) is 13.1. The average Bonchev–Trinajstić information content (AvgIpc) is 2.47. The third-order valence-electron chi connectivity index (χ3n) is 3.46. The van der Waals surface area contributed by atoms with E-state index in [0.29, 0.717) is 23.5 Å². The SMILES string of the molecule is O=c1c2nccnc2nc2n1CCc1ccccc1-2. The zero-order valence-electron chi connectivity index (χ0n) is 10.1. The molecule has 2 aromatic heterocycles. The van der Waals surface area contributed by atoms with Crippen LogP contribution in [0.2, 0.25) is 0 Å². The van der Waals surface area contributed by atoms with Gasteiger partial charge in [0.25, 0.3) is 5.56 Å². The van der Waals surface area contributed by atoms with Gasteiger partial charge in [-0.1, -0.05) is 24.3 Å². The second kappa shape index (κ2) is 3.71. The van der Waals surface area contributed by atoms with E-state index in [4.69, 9.17) is 0 Å². The summed E-state index contributed by atoms with van der Waals surface area (Å²) in [5, 5.41) is 0. The molecule has 0 aliphatic carbocycles. The molecule has 1 aromatic carbocycles. The molecule has 0 spiro atoms. The van der Waals surface area contributed by atoms with Crippen molar-refractivity contribution in [1.82, 2.24) is 19.5 Å². The van der Waals surface area contributed by atoms with E-state index in [1.165, 1.54) is 11.8 Å². The second-order valence-corrected chi connectivity index (χ2v) is 4.53. The van der Waals surface area contributed by atoms with Crippen molar-refractivity contribution in [3.05, 3.63) is 52.6 Å². The lowest BCUT2D eigenvalue weighted by Gasteiger charge is -2.20. The maximum Gasteiger partial charge on any atom is 0.281 e. The van der Waals surface area contributed by atoms with E-state index in [9.17, 15) is 4.79 Å². The Balaban J connectivity index is 2.15. The molecule has 0 N–H and O–H groups in total. The van der Waals surface area contributed by atoms with Gasteiger partial charge in [0, 0.05) is 24.5 Å². The first-order valence-corrected chi connectivity index (χ1v) is 6.14. The fraction of sp³-hybridized carbons (Fsp3) is 0.143. The third-order valence-corrected chi connectivity index (χ3v) is 3.46. The average molecular weight is 250 g/mol. The fourth-order valence-electron chi connectivity index (χ4n) is 2.55. The Kier molecular flexibility index (Phi) is 2.03. The molecule has 0 saturated heterocycles. The lowest BCUT2D eigenvalue weighted by molar-refractivity contribution is 0.650. The molecule has 3 heterocycles. The smallest absolute Gasteiger partial charge is 0.281 e. The van der Waals surface area contributed by atoms with Crippen molar-refractivity contribution >= 4 is 11.2 Å². The maximum atomic E-state index is 12.4. The highest BCUT2D eigenvalue weighted by atomic mass is 16.1. The van der Waals surface area contributed by atoms with Crippen molar-refractivity contribution in [2.75, 3.05) is 0 Å². The van der Waals surface area contributed by atoms with Gasteiger partial charge in [0.05, 0.1) is 0 Å². The van der Waals surface area contributed by atoms with Gasteiger partial charge in [0.1, 0.15) is 5.82 Å².